The van der Waals surface area contributed by atoms with Crippen molar-refractivity contribution in [3.8, 4) is 0 Å². The van der Waals surface area contributed by atoms with E-state index in [1.54, 1.807) is 18.2 Å². The van der Waals surface area contributed by atoms with Gasteiger partial charge in [0.25, 0.3) is 0 Å². The lowest BCUT2D eigenvalue weighted by Gasteiger charge is -2.23. The molecule has 8 heteroatoms. The summed E-state index contributed by atoms with van der Waals surface area (Å²) < 4.78 is 49.3. The first kappa shape index (κ1) is 20.3. The molecule has 0 radical (unpaired) electrons. The average Bonchev–Trinajstić information content (AvgIpc) is 2.83. The number of carbonyl (C=O) groups is 2. The van der Waals surface area contributed by atoms with Crippen molar-refractivity contribution in [1.82, 2.24) is 0 Å². The minimum absolute atomic E-state index is 0.0778. The summed E-state index contributed by atoms with van der Waals surface area (Å²) in [5.41, 5.74) is 0.237. The maximum atomic E-state index is 14.6. The van der Waals surface area contributed by atoms with Crippen molar-refractivity contribution in [3.05, 3.63) is 35.9 Å². The molecule has 1 saturated heterocycles. The maximum absolute atomic E-state index is 14.6. The number of hydrogen-bond donors (Lipinski definition) is 0. The summed E-state index contributed by atoms with van der Waals surface area (Å²) in [6, 6.07) is 7.99. The molecule has 1 heterocycles. The lowest BCUT2D eigenvalue weighted by molar-refractivity contribution is -0.195. The zero-order chi connectivity index (χ0) is 19.2. The van der Waals surface area contributed by atoms with Crippen LogP contribution in [0.25, 0.3) is 0 Å². The minimum Gasteiger partial charge on any atom is -0.459 e. The van der Waals surface area contributed by atoms with Crippen molar-refractivity contribution >= 4 is 11.9 Å². The van der Waals surface area contributed by atoms with Crippen LogP contribution in [-0.4, -0.2) is 49.6 Å². The monoisotopic (exact) mass is 372 g/mol. The van der Waals surface area contributed by atoms with Crippen LogP contribution < -0.4 is 0 Å². The summed E-state index contributed by atoms with van der Waals surface area (Å²) in [5, 5.41) is 0. The van der Waals surface area contributed by atoms with Gasteiger partial charge >= 0.3 is 17.9 Å². The van der Waals surface area contributed by atoms with Crippen LogP contribution in [0.4, 0.5) is 8.78 Å². The second kappa shape index (κ2) is 9.05. The predicted octanol–water partition coefficient (Wildman–Crippen LogP) is 2.95. The van der Waals surface area contributed by atoms with E-state index in [0.717, 1.165) is 13.3 Å². The van der Waals surface area contributed by atoms with Gasteiger partial charge in [-0.05, 0) is 18.6 Å². The highest BCUT2D eigenvalue weighted by molar-refractivity contribution is 5.89. The number of ether oxygens (including phenoxy) is 4. The SMILES string of the molecule is CCCCO[C@H]1C(OC(C)=O)O[C@H](COC(=O)c2ccccc2)C1(F)F. The van der Waals surface area contributed by atoms with Crippen LogP contribution in [0, 0.1) is 0 Å². The Morgan fingerprint density at radius 3 is 2.54 bits per heavy atom. The molecular weight excluding hydrogens is 350 g/mol. The van der Waals surface area contributed by atoms with Gasteiger partial charge in [0.15, 0.2) is 12.2 Å². The lowest BCUT2D eigenvalue weighted by Crippen LogP contribution is -2.44. The first-order valence-electron chi connectivity index (χ1n) is 8.40. The fourth-order valence-electron chi connectivity index (χ4n) is 2.45. The van der Waals surface area contributed by atoms with Gasteiger partial charge in [-0.25, -0.2) is 13.6 Å². The molecule has 1 aromatic rings. The van der Waals surface area contributed by atoms with Gasteiger partial charge in [-0.2, -0.15) is 0 Å². The van der Waals surface area contributed by atoms with Gasteiger partial charge in [-0.1, -0.05) is 31.5 Å². The average molecular weight is 372 g/mol. The molecule has 0 spiro atoms. The largest absolute Gasteiger partial charge is 0.459 e. The first-order chi connectivity index (χ1) is 12.4. The van der Waals surface area contributed by atoms with Gasteiger partial charge in [0.1, 0.15) is 6.61 Å². The number of hydrogen-bond acceptors (Lipinski definition) is 6. The fourth-order valence-corrected chi connectivity index (χ4v) is 2.45. The molecular formula is C18H22F2O6. The third-order valence-electron chi connectivity index (χ3n) is 3.81. The van der Waals surface area contributed by atoms with Crippen molar-refractivity contribution in [2.75, 3.05) is 13.2 Å². The molecule has 1 aromatic carbocycles. The molecule has 26 heavy (non-hydrogen) atoms. The summed E-state index contributed by atoms with van der Waals surface area (Å²) in [5.74, 6) is -4.99. The molecule has 1 aliphatic rings. The molecule has 1 fully saturated rings. The Balaban J connectivity index is 2.02. The zero-order valence-corrected chi connectivity index (χ0v) is 14.7. The van der Waals surface area contributed by atoms with Crippen LogP contribution in [0.2, 0.25) is 0 Å². The molecule has 6 nitrogen and oxygen atoms in total. The van der Waals surface area contributed by atoms with Crippen LogP contribution in [-0.2, 0) is 23.7 Å². The molecule has 0 aromatic heterocycles. The lowest BCUT2D eigenvalue weighted by atomic mass is 10.1. The number of rotatable bonds is 8. The van der Waals surface area contributed by atoms with Gasteiger partial charge in [0, 0.05) is 13.5 Å². The van der Waals surface area contributed by atoms with E-state index < -0.39 is 43.0 Å². The molecule has 144 valence electrons. The van der Waals surface area contributed by atoms with Gasteiger partial charge in [-0.15, -0.1) is 0 Å². The van der Waals surface area contributed by atoms with E-state index in [1.807, 2.05) is 6.92 Å². The summed E-state index contributed by atoms with van der Waals surface area (Å²) in [6.07, 6.45) is -3.74. The number of halogens is 2. The summed E-state index contributed by atoms with van der Waals surface area (Å²) in [4.78, 5) is 23.1. The standard InChI is InChI=1S/C18H22F2O6/c1-3-4-10-23-15-17(25-12(2)21)26-14(18(15,19)20)11-24-16(22)13-8-6-5-7-9-13/h5-9,14-15,17H,3-4,10-11H2,1-2H3/t14-,15+,17?/m1/s1. The highest BCUT2D eigenvalue weighted by Crippen LogP contribution is 2.39. The van der Waals surface area contributed by atoms with Crippen molar-refractivity contribution in [1.29, 1.82) is 0 Å². The quantitative estimate of drug-likeness (QED) is 0.516. The van der Waals surface area contributed by atoms with Crippen molar-refractivity contribution < 1.29 is 37.3 Å². The Bertz CT molecular complexity index is 607. The molecule has 3 atom stereocenters. The maximum Gasteiger partial charge on any atom is 0.338 e. The van der Waals surface area contributed by atoms with Crippen LogP contribution in [0.3, 0.4) is 0 Å². The zero-order valence-electron chi connectivity index (χ0n) is 14.7. The Labute approximate surface area is 150 Å². The topological polar surface area (TPSA) is 71.1 Å². The van der Waals surface area contributed by atoms with Gasteiger partial charge in [0.05, 0.1) is 5.56 Å². The van der Waals surface area contributed by atoms with Crippen molar-refractivity contribution in [2.45, 2.75) is 51.1 Å². The van der Waals surface area contributed by atoms with E-state index in [9.17, 15) is 18.4 Å². The molecule has 0 bridgehead atoms. The Hall–Kier alpha value is -2.06. The molecule has 1 unspecified atom stereocenters. The van der Waals surface area contributed by atoms with E-state index in [1.165, 1.54) is 12.1 Å². The van der Waals surface area contributed by atoms with E-state index >= 15 is 0 Å². The van der Waals surface area contributed by atoms with Crippen LogP contribution in [0.1, 0.15) is 37.0 Å². The first-order valence-corrected chi connectivity index (χ1v) is 8.40. The summed E-state index contributed by atoms with van der Waals surface area (Å²) in [7, 11) is 0. The Morgan fingerprint density at radius 2 is 1.92 bits per heavy atom. The molecule has 0 aliphatic carbocycles. The number of unbranched alkanes of at least 4 members (excludes halogenated alkanes) is 1. The third-order valence-corrected chi connectivity index (χ3v) is 3.81. The van der Waals surface area contributed by atoms with Gasteiger partial charge in [0.2, 0.25) is 6.29 Å². The number of benzene rings is 1. The minimum atomic E-state index is -3.48. The van der Waals surface area contributed by atoms with Gasteiger partial charge < -0.3 is 18.9 Å². The Morgan fingerprint density at radius 1 is 1.23 bits per heavy atom. The molecule has 1 aliphatic heterocycles. The summed E-state index contributed by atoms with van der Waals surface area (Å²) >= 11 is 0. The molecule has 2 rings (SSSR count). The van der Waals surface area contributed by atoms with Crippen molar-refractivity contribution in [2.24, 2.45) is 0 Å². The van der Waals surface area contributed by atoms with E-state index in [0.29, 0.717) is 6.42 Å². The second-order valence-electron chi connectivity index (χ2n) is 5.89. The van der Waals surface area contributed by atoms with Crippen LogP contribution in [0.15, 0.2) is 30.3 Å². The number of esters is 2. The second-order valence-corrected chi connectivity index (χ2v) is 5.89. The molecule has 0 amide bonds. The van der Waals surface area contributed by atoms with Crippen molar-refractivity contribution in [3.63, 3.8) is 0 Å². The van der Waals surface area contributed by atoms with E-state index in [2.05, 4.69) is 0 Å². The highest BCUT2D eigenvalue weighted by Gasteiger charge is 2.61. The van der Waals surface area contributed by atoms with E-state index in [-0.39, 0.29) is 12.2 Å². The number of alkyl halides is 2. The third kappa shape index (κ3) is 4.98. The Kier molecular flexibility index (Phi) is 7.05. The smallest absolute Gasteiger partial charge is 0.338 e. The molecule has 0 N–H and O–H groups in total. The van der Waals surface area contributed by atoms with Crippen LogP contribution >= 0.6 is 0 Å². The van der Waals surface area contributed by atoms with Crippen LogP contribution in [0.5, 0.6) is 0 Å². The van der Waals surface area contributed by atoms with E-state index in [4.69, 9.17) is 18.9 Å². The highest BCUT2D eigenvalue weighted by atomic mass is 19.3. The normalized spacial score (nSPS) is 24.2. The fraction of sp³-hybridized carbons (Fsp3) is 0.556. The predicted molar refractivity (Wildman–Crippen MR) is 86.7 cm³/mol. The van der Waals surface area contributed by atoms with Gasteiger partial charge in [-0.3, -0.25) is 4.79 Å². The summed E-state index contributed by atoms with van der Waals surface area (Å²) in [6.45, 7) is 2.37. The number of carbonyl (C=O) groups excluding carboxylic acids is 2. The molecule has 0 saturated carbocycles.